The molecule has 2 aliphatic heterocycles. The van der Waals surface area contributed by atoms with Crippen LogP contribution < -0.4 is 10.1 Å². The Labute approximate surface area is 226 Å². The van der Waals surface area contributed by atoms with E-state index in [0.717, 1.165) is 56.9 Å². The topological polar surface area (TPSA) is 74.4 Å². The number of methoxy groups -OCH3 is 1. The minimum absolute atomic E-state index is 0.133. The maximum absolute atomic E-state index is 12.8. The highest BCUT2D eigenvalue weighted by Gasteiger charge is 2.28. The van der Waals surface area contributed by atoms with Crippen molar-refractivity contribution in [2.24, 2.45) is 5.92 Å². The average Bonchev–Trinajstić information content (AvgIpc) is 2.96. The van der Waals surface area contributed by atoms with Gasteiger partial charge >= 0.3 is 6.03 Å². The van der Waals surface area contributed by atoms with Crippen LogP contribution in [-0.2, 0) is 11.2 Å². The number of carbonyl (C=O) groups excluding carboxylic acids is 2. The zero-order chi connectivity index (χ0) is 26.9. The second-order valence-electron chi connectivity index (χ2n) is 10.3. The lowest BCUT2D eigenvalue weighted by molar-refractivity contribution is 0.0387. The zero-order valence-electron chi connectivity index (χ0n) is 23.0. The fourth-order valence-electron chi connectivity index (χ4n) is 5.41. The van der Waals surface area contributed by atoms with E-state index in [2.05, 4.69) is 36.2 Å². The molecule has 206 valence electrons. The van der Waals surface area contributed by atoms with Gasteiger partial charge in [-0.3, -0.25) is 4.79 Å². The van der Waals surface area contributed by atoms with Crippen LogP contribution in [0, 0.1) is 5.92 Å². The number of rotatable bonds is 9. The summed E-state index contributed by atoms with van der Waals surface area (Å²) in [6.45, 7) is 10.9. The second-order valence-corrected chi connectivity index (χ2v) is 10.3. The molecule has 0 radical (unpaired) electrons. The maximum atomic E-state index is 12.8. The molecule has 2 saturated heterocycles. The number of piperidine rings is 1. The number of urea groups is 1. The van der Waals surface area contributed by atoms with Gasteiger partial charge < -0.3 is 29.5 Å². The first-order valence-corrected chi connectivity index (χ1v) is 13.9. The number of carbonyl (C=O) groups is 2. The summed E-state index contributed by atoms with van der Waals surface area (Å²) in [6.07, 6.45) is 3.01. The largest absolute Gasteiger partial charge is 0.497 e. The lowest BCUT2D eigenvalue weighted by atomic mass is 9.95. The summed E-state index contributed by atoms with van der Waals surface area (Å²) in [5, 5.41) is 3.02. The van der Waals surface area contributed by atoms with Crippen LogP contribution in [0.25, 0.3) is 0 Å². The van der Waals surface area contributed by atoms with Crippen LogP contribution in [0.15, 0.2) is 48.5 Å². The summed E-state index contributed by atoms with van der Waals surface area (Å²) in [7, 11) is 1.61. The number of nitrogens with zero attached hydrogens (tertiary/aromatic N) is 3. The highest BCUT2D eigenvalue weighted by Crippen LogP contribution is 2.22. The minimum Gasteiger partial charge on any atom is -0.497 e. The van der Waals surface area contributed by atoms with E-state index in [0.29, 0.717) is 43.8 Å². The summed E-state index contributed by atoms with van der Waals surface area (Å²) in [5.41, 5.74) is 2.60. The number of anilines is 1. The predicted octanol–water partition coefficient (Wildman–Crippen LogP) is 4.36. The van der Waals surface area contributed by atoms with Crippen LogP contribution in [0.2, 0.25) is 0 Å². The molecule has 2 fully saturated rings. The van der Waals surface area contributed by atoms with Crippen LogP contribution in [0.1, 0.15) is 42.6 Å². The van der Waals surface area contributed by atoms with E-state index in [-0.39, 0.29) is 11.9 Å². The Morgan fingerprint density at radius 1 is 1.05 bits per heavy atom. The standard InChI is InChI=1S/C30H42N4O4/c1-4-32(22-24-12-14-33(15-13-24)30(36)34-16-18-38-19-17-34)23(2)20-25-6-5-7-27(21-25)31-29(35)26-8-10-28(37-3)11-9-26/h5-11,21,23-24H,4,12-20,22H2,1-3H3,(H,31,35). The molecule has 2 heterocycles. The number of hydrogen-bond donors (Lipinski definition) is 1. The fourth-order valence-corrected chi connectivity index (χ4v) is 5.41. The van der Waals surface area contributed by atoms with Crippen molar-refractivity contribution in [3.05, 3.63) is 59.7 Å². The fraction of sp³-hybridized carbons (Fsp3) is 0.533. The summed E-state index contributed by atoms with van der Waals surface area (Å²) < 4.78 is 10.6. The van der Waals surface area contributed by atoms with Gasteiger partial charge in [-0.15, -0.1) is 0 Å². The molecule has 0 saturated carbocycles. The van der Waals surface area contributed by atoms with Crippen LogP contribution in [0.4, 0.5) is 10.5 Å². The molecule has 2 aromatic rings. The van der Waals surface area contributed by atoms with Gasteiger partial charge in [0.15, 0.2) is 0 Å². The minimum atomic E-state index is -0.133. The molecule has 2 aliphatic rings. The van der Waals surface area contributed by atoms with Crippen molar-refractivity contribution in [3.8, 4) is 5.75 Å². The second kappa shape index (κ2) is 13.6. The molecule has 3 amide bonds. The van der Waals surface area contributed by atoms with Crippen molar-refractivity contribution in [2.45, 2.75) is 39.2 Å². The number of likely N-dealkylation sites (tertiary alicyclic amines) is 1. The number of benzene rings is 2. The van der Waals surface area contributed by atoms with Gasteiger partial charge in [0.05, 0.1) is 20.3 Å². The molecule has 1 N–H and O–H groups in total. The molecule has 0 spiro atoms. The third-order valence-electron chi connectivity index (χ3n) is 7.76. The number of morpholine rings is 1. The van der Waals surface area contributed by atoms with Gasteiger partial charge in [-0.25, -0.2) is 4.79 Å². The van der Waals surface area contributed by atoms with Gasteiger partial charge in [-0.05, 0) is 80.6 Å². The van der Waals surface area contributed by atoms with E-state index >= 15 is 0 Å². The van der Waals surface area contributed by atoms with Crippen LogP contribution in [-0.4, -0.2) is 92.3 Å². The van der Waals surface area contributed by atoms with Gasteiger partial charge in [-0.1, -0.05) is 19.1 Å². The van der Waals surface area contributed by atoms with Crippen molar-refractivity contribution < 1.29 is 19.1 Å². The Bertz CT molecular complexity index is 1050. The van der Waals surface area contributed by atoms with E-state index in [9.17, 15) is 9.59 Å². The number of nitrogens with one attached hydrogen (secondary N) is 1. The molecule has 38 heavy (non-hydrogen) atoms. The highest BCUT2D eigenvalue weighted by atomic mass is 16.5. The number of ether oxygens (including phenoxy) is 2. The lowest BCUT2D eigenvalue weighted by Crippen LogP contribution is -2.51. The monoisotopic (exact) mass is 522 g/mol. The van der Waals surface area contributed by atoms with Gasteiger partial charge in [0, 0.05) is 50.0 Å². The lowest BCUT2D eigenvalue weighted by Gasteiger charge is -2.39. The third-order valence-corrected chi connectivity index (χ3v) is 7.76. The molecule has 0 aromatic heterocycles. The molecule has 4 rings (SSSR count). The molecule has 1 atom stereocenters. The summed E-state index contributed by atoms with van der Waals surface area (Å²) >= 11 is 0. The van der Waals surface area contributed by atoms with Crippen LogP contribution in [0.3, 0.4) is 0 Å². The molecule has 1 unspecified atom stereocenters. The summed E-state index contributed by atoms with van der Waals surface area (Å²) in [5.74, 6) is 1.19. The Morgan fingerprint density at radius 3 is 2.39 bits per heavy atom. The predicted molar refractivity (Wildman–Crippen MR) is 150 cm³/mol. The molecule has 2 aromatic carbocycles. The van der Waals surface area contributed by atoms with E-state index in [1.807, 2.05) is 21.9 Å². The van der Waals surface area contributed by atoms with Gasteiger partial charge in [-0.2, -0.15) is 0 Å². The van der Waals surface area contributed by atoms with Crippen molar-refractivity contribution in [3.63, 3.8) is 0 Å². The van der Waals surface area contributed by atoms with E-state index < -0.39 is 0 Å². The Hall–Kier alpha value is -3.10. The van der Waals surface area contributed by atoms with Gasteiger partial charge in [0.1, 0.15) is 5.75 Å². The normalized spacial score (nSPS) is 17.4. The van der Waals surface area contributed by atoms with Crippen molar-refractivity contribution in [1.29, 1.82) is 0 Å². The first-order valence-electron chi connectivity index (χ1n) is 13.9. The van der Waals surface area contributed by atoms with Crippen molar-refractivity contribution in [2.75, 3.05) is 64.9 Å². The maximum Gasteiger partial charge on any atom is 0.320 e. The third kappa shape index (κ3) is 7.48. The molecular weight excluding hydrogens is 480 g/mol. The highest BCUT2D eigenvalue weighted by molar-refractivity contribution is 6.04. The quantitative estimate of drug-likeness (QED) is 0.530. The first-order chi connectivity index (χ1) is 18.5. The Balaban J connectivity index is 1.26. The Morgan fingerprint density at radius 2 is 1.74 bits per heavy atom. The molecule has 8 heteroatoms. The van der Waals surface area contributed by atoms with Gasteiger partial charge in [0.2, 0.25) is 0 Å². The first kappa shape index (κ1) is 27.9. The van der Waals surface area contributed by atoms with Crippen molar-refractivity contribution in [1.82, 2.24) is 14.7 Å². The van der Waals surface area contributed by atoms with E-state index in [1.54, 1.807) is 31.4 Å². The summed E-state index contributed by atoms with van der Waals surface area (Å²) in [4.78, 5) is 32.0. The number of likely N-dealkylation sites (N-methyl/N-ethyl adjacent to an activating group) is 1. The average molecular weight is 523 g/mol. The Kier molecular flexibility index (Phi) is 10.0. The molecular formula is C30H42N4O4. The summed E-state index contributed by atoms with van der Waals surface area (Å²) in [6, 6.07) is 15.8. The van der Waals surface area contributed by atoms with Gasteiger partial charge in [0.25, 0.3) is 5.91 Å². The molecule has 0 aliphatic carbocycles. The van der Waals surface area contributed by atoms with E-state index in [1.165, 1.54) is 5.56 Å². The molecule has 0 bridgehead atoms. The number of hydrogen-bond acceptors (Lipinski definition) is 5. The number of amides is 3. The van der Waals surface area contributed by atoms with Crippen molar-refractivity contribution >= 4 is 17.6 Å². The van der Waals surface area contributed by atoms with E-state index in [4.69, 9.17) is 9.47 Å². The van der Waals surface area contributed by atoms with Crippen LogP contribution >= 0.6 is 0 Å². The SMILES string of the molecule is CCN(CC1CCN(C(=O)N2CCOCC2)CC1)C(C)Cc1cccc(NC(=O)c2ccc(OC)cc2)c1. The van der Waals surface area contributed by atoms with Crippen LogP contribution in [0.5, 0.6) is 5.75 Å². The zero-order valence-corrected chi connectivity index (χ0v) is 23.0. The smallest absolute Gasteiger partial charge is 0.320 e. The molecule has 8 nitrogen and oxygen atoms in total.